The number of ether oxygens (including phenoxy) is 2. The van der Waals surface area contributed by atoms with Crippen molar-refractivity contribution in [1.29, 1.82) is 0 Å². The molecule has 5 heteroatoms. The van der Waals surface area contributed by atoms with Gasteiger partial charge in [-0.2, -0.15) is 0 Å². The van der Waals surface area contributed by atoms with E-state index in [1.165, 1.54) is 7.11 Å². The molecule has 20 heavy (non-hydrogen) atoms. The zero-order valence-corrected chi connectivity index (χ0v) is 12.6. The lowest BCUT2D eigenvalue weighted by atomic mass is 10.0. The second-order valence-corrected chi connectivity index (χ2v) is 5.10. The number of benzene rings is 1. The van der Waals surface area contributed by atoms with Crippen LogP contribution in [0, 0.1) is 5.92 Å². The lowest BCUT2D eigenvalue weighted by Crippen LogP contribution is -2.41. The standard InChI is InChI=1S/C15H24N2O3/c1-10(2)7-11(9-16)17-15(18)13-6-5-12(19-3)8-14(13)20-4/h5-6,8,10-11H,7,9,16H2,1-4H3,(H,17,18). The van der Waals surface area contributed by atoms with Gasteiger partial charge in [0.1, 0.15) is 11.5 Å². The first kappa shape index (κ1) is 16.3. The van der Waals surface area contributed by atoms with E-state index < -0.39 is 0 Å². The molecule has 1 aromatic carbocycles. The van der Waals surface area contributed by atoms with Gasteiger partial charge >= 0.3 is 0 Å². The maximum atomic E-state index is 12.3. The lowest BCUT2D eigenvalue weighted by molar-refractivity contribution is 0.0930. The minimum Gasteiger partial charge on any atom is -0.497 e. The molecule has 1 atom stereocenters. The third kappa shape index (κ3) is 4.42. The van der Waals surface area contributed by atoms with Gasteiger partial charge < -0.3 is 20.5 Å². The van der Waals surface area contributed by atoms with Crippen LogP contribution in [0.25, 0.3) is 0 Å². The number of rotatable bonds is 7. The highest BCUT2D eigenvalue weighted by Gasteiger charge is 2.17. The smallest absolute Gasteiger partial charge is 0.255 e. The molecule has 0 saturated heterocycles. The fraction of sp³-hybridized carbons (Fsp3) is 0.533. The van der Waals surface area contributed by atoms with Crippen molar-refractivity contribution in [2.75, 3.05) is 20.8 Å². The topological polar surface area (TPSA) is 73.6 Å². The zero-order chi connectivity index (χ0) is 15.1. The third-order valence-corrected chi connectivity index (χ3v) is 3.03. The molecule has 112 valence electrons. The minimum absolute atomic E-state index is 0.0330. The minimum atomic E-state index is -0.180. The Hall–Kier alpha value is -1.75. The Kier molecular flexibility index (Phi) is 6.31. The fourth-order valence-corrected chi connectivity index (χ4v) is 2.03. The van der Waals surface area contributed by atoms with Crippen LogP contribution in [0.5, 0.6) is 11.5 Å². The Morgan fingerprint density at radius 3 is 2.50 bits per heavy atom. The number of hydrogen-bond donors (Lipinski definition) is 2. The number of nitrogens with two attached hydrogens (primary N) is 1. The number of carbonyl (C=O) groups is 1. The first-order valence-corrected chi connectivity index (χ1v) is 6.74. The van der Waals surface area contributed by atoms with Gasteiger partial charge in [-0.25, -0.2) is 0 Å². The van der Waals surface area contributed by atoms with Gasteiger partial charge in [0.15, 0.2) is 0 Å². The highest BCUT2D eigenvalue weighted by atomic mass is 16.5. The quantitative estimate of drug-likeness (QED) is 0.799. The van der Waals surface area contributed by atoms with E-state index in [1.54, 1.807) is 25.3 Å². The van der Waals surface area contributed by atoms with E-state index in [0.29, 0.717) is 29.5 Å². The number of nitrogens with one attached hydrogen (secondary N) is 1. The molecule has 3 N–H and O–H groups in total. The van der Waals surface area contributed by atoms with E-state index in [-0.39, 0.29) is 11.9 Å². The Bertz CT molecular complexity index is 447. The second kappa shape index (κ2) is 7.75. The summed E-state index contributed by atoms with van der Waals surface area (Å²) in [4.78, 5) is 12.3. The van der Waals surface area contributed by atoms with Crippen molar-refractivity contribution in [3.05, 3.63) is 23.8 Å². The van der Waals surface area contributed by atoms with Crippen molar-refractivity contribution in [3.63, 3.8) is 0 Å². The summed E-state index contributed by atoms with van der Waals surface area (Å²) >= 11 is 0. The van der Waals surface area contributed by atoms with Crippen molar-refractivity contribution >= 4 is 5.91 Å². The van der Waals surface area contributed by atoms with Crippen LogP contribution in [0.15, 0.2) is 18.2 Å². The van der Waals surface area contributed by atoms with E-state index in [2.05, 4.69) is 19.2 Å². The second-order valence-electron chi connectivity index (χ2n) is 5.10. The van der Waals surface area contributed by atoms with Gasteiger partial charge in [-0.15, -0.1) is 0 Å². The van der Waals surface area contributed by atoms with Gasteiger partial charge in [0.25, 0.3) is 5.91 Å². The number of carbonyl (C=O) groups excluding carboxylic acids is 1. The van der Waals surface area contributed by atoms with Crippen LogP contribution in [0.3, 0.4) is 0 Å². The number of methoxy groups -OCH3 is 2. The third-order valence-electron chi connectivity index (χ3n) is 3.03. The van der Waals surface area contributed by atoms with Gasteiger partial charge in [-0.1, -0.05) is 13.8 Å². The summed E-state index contributed by atoms with van der Waals surface area (Å²) in [6, 6.07) is 5.08. The van der Waals surface area contributed by atoms with Crippen molar-refractivity contribution in [3.8, 4) is 11.5 Å². The number of hydrogen-bond acceptors (Lipinski definition) is 4. The van der Waals surface area contributed by atoms with E-state index in [9.17, 15) is 4.79 Å². The molecule has 0 aromatic heterocycles. The first-order valence-electron chi connectivity index (χ1n) is 6.74. The summed E-state index contributed by atoms with van der Waals surface area (Å²) in [5, 5.41) is 2.94. The van der Waals surface area contributed by atoms with E-state index in [0.717, 1.165) is 6.42 Å². The molecular formula is C15H24N2O3. The predicted octanol–water partition coefficient (Wildman–Crippen LogP) is 1.81. The summed E-state index contributed by atoms with van der Waals surface area (Å²) in [5.74, 6) is 1.43. The zero-order valence-electron chi connectivity index (χ0n) is 12.6. The molecule has 1 amide bonds. The maximum absolute atomic E-state index is 12.3. The average Bonchev–Trinajstić information content (AvgIpc) is 2.45. The Morgan fingerprint density at radius 2 is 2.00 bits per heavy atom. The lowest BCUT2D eigenvalue weighted by Gasteiger charge is -2.19. The maximum Gasteiger partial charge on any atom is 0.255 e. The molecule has 0 spiro atoms. The molecule has 0 aliphatic heterocycles. The molecule has 0 heterocycles. The molecular weight excluding hydrogens is 256 g/mol. The van der Waals surface area contributed by atoms with Gasteiger partial charge in [-0.05, 0) is 24.5 Å². The van der Waals surface area contributed by atoms with Gasteiger partial charge in [-0.3, -0.25) is 4.79 Å². The molecule has 1 aromatic rings. The first-order chi connectivity index (χ1) is 9.51. The van der Waals surface area contributed by atoms with E-state index in [4.69, 9.17) is 15.2 Å². The normalized spacial score (nSPS) is 12.1. The summed E-state index contributed by atoms with van der Waals surface area (Å²) in [5.41, 5.74) is 6.18. The van der Waals surface area contributed by atoms with E-state index in [1.807, 2.05) is 0 Å². The van der Waals surface area contributed by atoms with Gasteiger partial charge in [0, 0.05) is 18.7 Å². The Labute approximate surface area is 120 Å². The summed E-state index contributed by atoms with van der Waals surface area (Å²) < 4.78 is 10.3. The fourth-order valence-electron chi connectivity index (χ4n) is 2.03. The molecule has 0 aliphatic rings. The van der Waals surface area contributed by atoms with Crippen LogP contribution >= 0.6 is 0 Å². The van der Waals surface area contributed by atoms with Gasteiger partial charge in [0.2, 0.25) is 0 Å². The number of amides is 1. The summed E-state index contributed by atoms with van der Waals surface area (Å²) in [6.45, 7) is 4.62. The molecule has 0 bridgehead atoms. The monoisotopic (exact) mass is 280 g/mol. The highest BCUT2D eigenvalue weighted by Crippen LogP contribution is 2.24. The van der Waals surface area contributed by atoms with Crippen LogP contribution in [0.4, 0.5) is 0 Å². The van der Waals surface area contributed by atoms with E-state index >= 15 is 0 Å². The van der Waals surface area contributed by atoms with Crippen molar-refractivity contribution in [1.82, 2.24) is 5.32 Å². The molecule has 1 rings (SSSR count). The predicted molar refractivity (Wildman–Crippen MR) is 79.3 cm³/mol. The average molecular weight is 280 g/mol. The van der Waals surface area contributed by atoms with Crippen molar-refractivity contribution < 1.29 is 14.3 Å². The van der Waals surface area contributed by atoms with Crippen molar-refractivity contribution in [2.45, 2.75) is 26.3 Å². The Balaban J connectivity index is 2.85. The molecule has 0 radical (unpaired) electrons. The van der Waals surface area contributed by atoms with Crippen molar-refractivity contribution in [2.24, 2.45) is 11.7 Å². The largest absolute Gasteiger partial charge is 0.497 e. The van der Waals surface area contributed by atoms with Gasteiger partial charge in [0.05, 0.1) is 19.8 Å². The van der Waals surface area contributed by atoms with Crippen LogP contribution in [0.1, 0.15) is 30.6 Å². The SMILES string of the molecule is COc1ccc(C(=O)NC(CN)CC(C)C)c(OC)c1. The van der Waals surface area contributed by atoms with Crippen LogP contribution in [-0.2, 0) is 0 Å². The summed E-state index contributed by atoms with van der Waals surface area (Å²) in [7, 11) is 3.10. The van der Waals surface area contributed by atoms with Crippen LogP contribution in [-0.4, -0.2) is 32.7 Å². The van der Waals surface area contributed by atoms with Crippen LogP contribution in [0.2, 0.25) is 0 Å². The summed E-state index contributed by atoms with van der Waals surface area (Å²) in [6.07, 6.45) is 0.848. The molecule has 0 fully saturated rings. The van der Waals surface area contributed by atoms with Crippen LogP contribution < -0.4 is 20.5 Å². The molecule has 0 aliphatic carbocycles. The molecule has 5 nitrogen and oxygen atoms in total. The Morgan fingerprint density at radius 1 is 1.30 bits per heavy atom. The molecule has 0 saturated carbocycles. The highest BCUT2D eigenvalue weighted by molar-refractivity contribution is 5.97. The molecule has 1 unspecified atom stereocenters.